The summed E-state index contributed by atoms with van der Waals surface area (Å²) in [5.41, 5.74) is 2.58. The summed E-state index contributed by atoms with van der Waals surface area (Å²) in [7, 11) is 1.83. The number of carbonyl (C=O) groups excluding carboxylic acids is 1. The molecule has 0 saturated heterocycles. The highest BCUT2D eigenvalue weighted by molar-refractivity contribution is 5.93. The van der Waals surface area contributed by atoms with Gasteiger partial charge in [0.15, 0.2) is 5.69 Å². The van der Waals surface area contributed by atoms with Gasteiger partial charge in [0.25, 0.3) is 5.91 Å². The first kappa shape index (κ1) is 14.3. The number of amides is 1. The Morgan fingerprint density at radius 1 is 1.30 bits per heavy atom. The van der Waals surface area contributed by atoms with Crippen molar-refractivity contribution in [1.29, 1.82) is 0 Å². The minimum atomic E-state index is -0.0121. The molecule has 0 aliphatic heterocycles. The summed E-state index contributed by atoms with van der Waals surface area (Å²) in [6.45, 7) is 6.58. The van der Waals surface area contributed by atoms with Crippen molar-refractivity contribution in [3.63, 3.8) is 0 Å². The van der Waals surface area contributed by atoms with Crippen LogP contribution < -0.4 is 0 Å². The third-order valence-electron chi connectivity index (χ3n) is 3.29. The van der Waals surface area contributed by atoms with Gasteiger partial charge >= 0.3 is 0 Å². The van der Waals surface area contributed by atoms with Crippen molar-refractivity contribution < 1.29 is 4.79 Å². The van der Waals surface area contributed by atoms with E-state index < -0.39 is 0 Å². The van der Waals surface area contributed by atoms with Crippen LogP contribution in [-0.2, 0) is 13.6 Å². The van der Waals surface area contributed by atoms with E-state index in [1.807, 2.05) is 69.2 Å². The van der Waals surface area contributed by atoms with Gasteiger partial charge in [0.05, 0.1) is 0 Å². The van der Waals surface area contributed by atoms with Gasteiger partial charge < -0.3 is 4.90 Å². The Balaban J connectivity index is 2.25. The molecule has 0 aliphatic rings. The van der Waals surface area contributed by atoms with E-state index in [0.29, 0.717) is 12.2 Å². The zero-order chi connectivity index (χ0) is 14.7. The standard InChI is InChI=1S/C16H21N3O/c1-12(2)19(11-14-8-6-5-7-9-14)16(20)15-13(3)10-18(4)17-15/h5-10,12H,11H2,1-4H3. The average molecular weight is 271 g/mol. The van der Waals surface area contributed by atoms with Crippen molar-refractivity contribution in [2.75, 3.05) is 0 Å². The summed E-state index contributed by atoms with van der Waals surface area (Å²) >= 11 is 0. The maximum atomic E-state index is 12.7. The lowest BCUT2D eigenvalue weighted by molar-refractivity contribution is 0.0682. The molecule has 106 valence electrons. The normalized spacial score (nSPS) is 10.8. The number of aromatic nitrogens is 2. The lowest BCUT2D eigenvalue weighted by Crippen LogP contribution is -2.37. The fourth-order valence-electron chi connectivity index (χ4n) is 2.22. The Morgan fingerprint density at radius 3 is 2.45 bits per heavy atom. The van der Waals surface area contributed by atoms with Crippen LogP contribution in [0.3, 0.4) is 0 Å². The molecular weight excluding hydrogens is 250 g/mol. The second-order valence-corrected chi connectivity index (χ2v) is 5.35. The fourth-order valence-corrected chi connectivity index (χ4v) is 2.22. The van der Waals surface area contributed by atoms with E-state index in [9.17, 15) is 4.79 Å². The molecule has 1 aromatic carbocycles. The highest BCUT2D eigenvalue weighted by atomic mass is 16.2. The molecule has 0 radical (unpaired) electrons. The van der Waals surface area contributed by atoms with Crippen LogP contribution >= 0.6 is 0 Å². The van der Waals surface area contributed by atoms with Gasteiger partial charge in [-0.25, -0.2) is 0 Å². The van der Waals surface area contributed by atoms with E-state index in [4.69, 9.17) is 0 Å². The molecule has 4 nitrogen and oxygen atoms in total. The van der Waals surface area contributed by atoms with Gasteiger partial charge in [0.1, 0.15) is 0 Å². The Morgan fingerprint density at radius 2 is 1.95 bits per heavy atom. The van der Waals surface area contributed by atoms with Crippen LogP contribution in [0.1, 0.15) is 35.5 Å². The van der Waals surface area contributed by atoms with Crippen molar-refractivity contribution in [3.05, 3.63) is 53.3 Å². The number of aryl methyl sites for hydroxylation is 2. The second-order valence-electron chi connectivity index (χ2n) is 5.35. The molecule has 20 heavy (non-hydrogen) atoms. The molecule has 0 atom stereocenters. The van der Waals surface area contributed by atoms with E-state index in [1.54, 1.807) is 4.68 Å². The molecule has 0 bridgehead atoms. The topological polar surface area (TPSA) is 38.1 Å². The lowest BCUT2D eigenvalue weighted by atomic mass is 10.1. The summed E-state index contributed by atoms with van der Waals surface area (Å²) in [4.78, 5) is 14.5. The molecular formula is C16H21N3O. The zero-order valence-corrected chi connectivity index (χ0v) is 12.5. The predicted molar refractivity (Wildman–Crippen MR) is 79.4 cm³/mol. The smallest absolute Gasteiger partial charge is 0.275 e. The van der Waals surface area contributed by atoms with Crippen molar-refractivity contribution in [1.82, 2.24) is 14.7 Å². The maximum Gasteiger partial charge on any atom is 0.275 e. The van der Waals surface area contributed by atoms with E-state index >= 15 is 0 Å². The van der Waals surface area contributed by atoms with E-state index in [2.05, 4.69) is 5.10 Å². The van der Waals surface area contributed by atoms with Crippen LogP contribution in [0, 0.1) is 6.92 Å². The van der Waals surface area contributed by atoms with Gasteiger partial charge in [0.2, 0.25) is 0 Å². The fraction of sp³-hybridized carbons (Fsp3) is 0.375. The molecule has 1 amide bonds. The molecule has 1 heterocycles. The number of carbonyl (C=O) groups is 1. The SMILES string of the molecule is Cc1cn(C)nc1C(=O)N(Cc1ccccc1)C(C)C. The summed E-state index contributed by atoms with van der Waals surface area (Å²) in [5.74, 6) is -0.0121. The van der Waals surface area contributed by atoms with E-state index in [-0.39, 0.29) is 11.9 Å². The van der Waals surface area contributed by atoms with Gasteiger partial charge in [-0.05, 0) is 26.3 Å². The highest BCUT2D eigenvalue weighted by Crippen LogP contribution is 2.14. The quantitative estimate of drug-likeness (QED) is 0.857. The molecule has 2 aromatic rings. The third-order valence-corrected chi connectivity index (χ3v) is 3.29. The van der Waals surface area contributed by atoms with Crippen LogP contribution in [-0.4, -0.2) is 26.6 Å². The molecule has 0 saturated carbocycles. The van der Waals surface area contributed by atoms with Crippen molar-refractivity contribution in [2.45, 2.75) is 33.4 Å². The van der Waals surface area contributed by atoms with Gasteiger partial charge in [-0.3, -0.25) is 9.48 Å². The minimum Gasteiger partial charge on any atom is -0.330 e. The average Bonchev–Trinajstić information content (AvgIpc) is 2.75. The molecule has 1 aromatic heterocycles. The monoisotopic (exact) mass is 271 g/mol. The largest absolute Gasteiger partial charge is 0.330 e. The first-order valence-electron chi connectivity index (χ1n) is 6.84. The first-order valence-corrected chi connectivity index (χ1v) is 6.84. The van der Waals surface area contributed by atoms with Gasteiger partial charge in [-0.15, -0.1) is 0 Å². The lowest BCUT2D eigenvalue weighted by Gasteiger charge is -2.26. The minimum absolute atomic E-state index is 0.0121. The number of nitrogens with zero attached hydrogens (tertiary/aromatic N) is 3. The second kappa shape index (κ2) is 5.90. The molecule has 0 spiro atoms. The third kappa shape index (κ3) is 3.07. The Kier molecular flexibility index (Phi) is 4.23. The molecule has 0 unspecified atom stereocenters. The summed E-state index contributed by atoms with van der Waals surface area (Å²) in [5, 5.41) is 4.28. The number of rotatable bonds is 4. The van der Waals surface area contributed by atoms with Gasteiger partial charge in [-0.2, -0.15) is 5.10 Å². The van der Waals surface area contributed by atoms with Crippen molar-refractivity contribution >= 4 is 5.91 Å². The summed E-state index contributed by atoms with van der Waals surface area (Å²) in [6, 6.07) is 10.2. The number of benzene rings is 1. The van der Waals surface area contributed by atoms with Crippen LogP contribution in [0.25, 0.3) is 0 Å². The Labute approximate surface area is 120 Å². The molecule has 2 rings (SSSR count). The maximum absolute atomic E-state index is 12.7. The Hall–Kier alpha value is -2.10. The Bertz CT molecular complexity index is 587. The zero-order valence-electron chi connectivity index (χ0n) is 12.5. The molecule has 4 heteroatoms. The van der Waals surface area contributed by atoms with Crippen LogP contribution in [0.2, 0.25) is 0 Å². The van der Waals surface area contributed by atoms with Crippen LogP contribution in [0.4, 0.5) is 0 Å². The predicted octanol–water partition coefficient (Wildman–Crippen LogP) is 2.78. The van der Waals surface area contributed by atoms with Gasteiger partial charge in [0, 0.05) is 31.4 Å². The van der Waals surface area contributed by atoms with E-state index in [0.717, 1.165) is 11.1 Å². The first-order chi connectivity index (χ1) is 9.49. The summed E-state index contributed by atoms with van der Waals surface area (Å²) in [6.07, 6.45) is 1.87. The van der Waals surface area contributed by atoms with Gasteiger partial charge in [-0.1, -0.05) is 30.3 Å². The van der Waals surface area contributed by atoms with Crippen molar-refractivity contribution in [2.24, 2.45) is 7.05 Å². The van der Waals surface area contributed by atoms with Crippen LogP contribution in [0.5, 0.6) is 0 Å². The van der Waals surface area contributed by atoms with E-state index in [1.165, 1.54) is 0 Å². The molecule has 0 fully saturated rings. The van der Waals surface area contributed by atoms with Crippen LogP contribution in [0.15, 0.2) is 36.5 Å². The highest BCUT2D eigenvalue weighted by Gasteiger charge is 2.23. The number of hydrogen-bond donors (Lipinski definition) is 0. The van der Waals surface area contributed by atoms with Crippen molar-refractivity contribution in [3.8, 4) is 0 Å². The molecule has 0 aliphatic carbocycles. The molecule has 0 N–H and O–H groups in total. The summed E-state index contributed by atoms with van der Waals surface area (Å²) < 4.78 is 1.68. The number of hydrogen-bond acceptors (Lipinski definition) is 2.